The van der Waals surface area contributed by atoms with Gasteiger partial charge in [0.25, 0.3) is 0 Å². The number of anilines is 1. The van der Waals surface area contributed by atoms with Gasteiger partial charge in [-0.1, -0.05) is 30.7 Å². The summed E-state index contributed by atoms with van der Waals surface area (Å²) in [7, 11) is 0. The molecule has 2 unspecified atom stereocenters. The first kappa shape index (κ1) is 14.6. The summed E-state index contributed by atoms with van der Waals surface area (Å²) in [6.45, 7) is 5.63. The van der Waals surface area contributed by atoms with E-state index < -0.39 is 0 Å². The molecule has 3 nitrogen and oxygen atoms in total. The lowest BCUT2D eigenvalue weighted by Gasteiger charge is -2.46. The van der Waals surface area contributed by atoms with Crippen LogP contribution in [0.25, 0.3) is 0 Å². The molecule has 1 aliphatic heterocycles. The molecule has 4 heteroatoms. The molecule has 0 aromatic heterocycles. The predicted molar refractivity (Wildman–Crippen MR) is 80.7 cm³/mol. The number of rotatable bonds is 4. The Morgan fingerprint density at radius 2 is 2.16 bits per heavy atom. The molecule has 3 N–H and O–H groups in total. The fraction of sp³-hybridized carbons (Fsp3) is 0.600. The number of nitrogens with one attached hydrogen (secondary N) is 1. The molecule has 1 aromatic carbocycles. The van der Waals surface area contributed by atoms with E-state index in [1.807, 2.05) is 24.3 Å². The van der Waals surface area contributed by atoms with Crippen molar-refractivity contribution in [2.75, 3.05) is 18.5 Å². The highest BCUT2D eigenvalue weighted by molar-refractivity contribution is 6.33. The third-order valence-electron chi connectivity index (χ3n) is 4.16. The zero-order chi connectivity index (χ0) is 13.9. The van der Waals surface area contributed by atoms with Crippen LogP contribution in [0, 0.1) is 0 Å². The maximum Gasteiger partial charge on any atom is 0.0674 e. The van der Waals surface area contributed by atoms with E-state index in [0.717, 1.165) is 36.6 Å². The number of halogens is 1. The number of nitrogens with two attached hydrogens (primary N) is 1. The normalized spacial score (nSPS) is 31.2. The van der Waals surface area contributed by atoms with E-state index in [9.17, 15) is 0 Å². The Kier molecular flexibility index (Phi) is 4.39. The largest absolute Gasteiger partial charge is 0.377 e. The van der Waals surface area contributed by atoms with Crippen molar-refractivity contribution >= 4 is 17.3 Å². The Bertz CT molecular complexity index is 440. The van der Waals surface area contributed by atoms with Crippen LogP contribution in [0.15, 0.2) is 24.3 Å². The van der Waals surface area contributed by atoms with E-state index in [0.29, 0.717) is 6.54 Å². The van der Waals surface area contributed by atoms with Gasteiger partial charge in [-0.3, -0.25) is 0 Å². The molecule has 19 heavy (non-hydrogen) atoms. The minimum Gasteiger partial charge on any atom is -0.377 e. The van der Waals surface area contributed by atoms with Crippen LogP contribution in [0.4, 0.5) is 5.69 Å². The molecule has 0 saturated carbocycles. The minimum absolute atomic E-state index is 0.105. The third kappa shape index (κ3) is 3.22. The van der Waals surface area contributed by atoms with Gasteiger partial charge >= 0.3 is 0 Å². The van der Waals surface area contributed by atoms with Crippen molar-refractivity contribution in [1.29, 1.82) is 0 Å². The lowest BCUT2D eigenvalue weighted by Crippen LogP contribution is -2.55. The van der Waals surface area contributed by atoms with Crippen molar-refractivity contribution in [1.82, 2.24) is 0 Å². The third-order valence-corrected chi connectivity index (χ3v) is 4.49. The van der Waals surface area contributed by atoms with Gasteiger partial charge in [-0.05, 0) is 31.9 Å². The molecule has 1 aromatic rings. The lowest BCUT2D eigenvalue weighted by molar-refractivity contribution is -0.0882. The highest BCUT2D eigenvalue weighted by Crippen LogP contribution is 2.37. The maximum atomic E-state index is 6.23. The van der Waals surface area contributed by atoms with Gasteiger partial charge in [0.05, 0.1) is 21.8 Å². The summed E-state index contributed by atoms with van der Waals surface area (Å²) in [6.07, 6.45) is 2.79. The van der Waals surface area contributed by atoms with Gasteiger partial charge in [0.2, 0.25) is 0 Å². The standard InChI is InChI=1S/C15H23ClN2O/c1-3-14(2)10-15(11-17,8-9-19-14)18-13-7-5-4-6-12(13)16/h4-7,18H,3,8-11,17H2,1-2H3. The Morgan fingerprint density at radius 3 is 2.79 bits per heavy atom. The van der Waals surface area contributed by atoms with E-state index in [1.54, 1.807) is 0 Å². The Hall–Kier alpha value is -0.770. The summed E-state index contributed by atoms with van der Waals surface area (Å²) >= 11 is 6.23. The van der Waals surface area contributed by atoms with Crippen molar-refractivity contribution in [3.05, 3.63) is 29.3 Å². The van der Waals surface area contributed by atoms with Crippen molar-refractivity contribution in [2.24, 2.45) is 5.73 Å². The highest BCUT2D eigenvalue weighted by atomic mass is 35.5. The molecule has 2 rings (SSSR count). The molecule has 0 aliphatic carbocycles. The van der Waals surface area contributed by atoms with Gasteiger partial charge in [-0.15, -0.1) is 0 Å². The highest BCUT2D eigenvalue weighted by Gasteiger charge is 2.41. The fourth-order valence-electron chi connectivity index (χ4n) is 2.76. The van der Waals surface area contributed by atoms with Crippen LogP contribution in [0.1, 0.15) is 33.1 Å². The molecule has 1 saturated heterocycles. The lowest BCUT2D eigenvalue weighted by atomic mass is 9.79. The average Bonchev–Trinajstić information content (AvgIpc) is 2.42. The molecular formula is C15H23ClN2O. The number of hydrogen-bond donors (Lipinski definition) is 2. The first-order valence-electron chi connectivity index (χ1n) is 6.89. The Labute approximate surface area is 120 Å². The first-order chi connectivity index (χ1) is 9.02. The van der Waals surface area contributed by atoms with Gasteiger partial charge in [-0.25, -0.2) is 0 Å². The molecule has 1 aliphatic rings. The van der Waals surface area contributed by atoms with Gasteiger partial charge in [0.1, 0.15) is 0 Å². The van der Waals surface area contributed by atoms with E-state index in [2.05, 4.69) is 19.2 Å². The summed E-state index contributed by atoms with van der Waals surface area (Å²) in [4.78, 5) is 0. The van der Waals surface area contributed by atoms with Crippen LogP contribution in [0.2, 0.25) is 5.02 Å². The Morgan fingerprint density at radius 1 is 1.42 bits per heavy atom. The average molecular weight is 283 g/mol. The van der Waals surface area contributed by atoms with Gasteiger partial charge in [-0.2, -0.15) is 0 Å². The van der Waals surface area contributed by atoms with Crippen LogP contribution in [0.3, 0.4) is 0 Å². The number of benzene rings is 1. The molecule has 0 bridgehead atoms. The summed E-state index contributed by atoms with van der Waals surface area (Å²) in [5.74, 6) is 0. The summed E-state index contributed by atoms with van der Waals surface area (Å²) in [5.41, 5.74) is 6.77. The summed E-state index contributed by atoms with van der Waals surface area (Å²) in [6, 6.07) is 7.81. The number of hydrogen-bond acceptors (Lipinski definition) is 3. The predicted octanol–water partition coefficient (Wildman–Crippen LogP) is 3.43. The zero-order valence-corrected chi connectivity index (χ0v) is 12.5. The SMILES string of the molecule is CCC1(C)CC(CN)(Nc2ccccc2Cl)CCO1. The van der Waals surface area contributed by atoms with Crippen LogP contribution in [-0.2, 0) is 4.74 Å². The maximum absolute atomic E-state index is 6.23. The number of para-hydroxylation sites is 1. The van der Waals surface area contributed by atoms with Crippen molar-refractivity contribution < 1.29 is 4.74 Å². The first-order valence-corrected chi connectivity index (χ1v) is 7.27. The van der Waals surface area contributed by atoms with Crippen LogP contribution >= 0.6 is 11.6 Å². The van der Waals surface area contributed by atoms with Gasteiger partial charge in [0, 0.05) is 19.6 Å². The molecule has 1 heterocycles. The van der Waals surface area contributed by atoms with E-state index in [4.69, 9.17) is 22.1 Å². The van der Waals surface area contributed by atoms with Crippen molar-refractivity contribution in [2.45, 2.75) is 44.2 Å². The van der Waals surface area contributed by atoms with Crippen LogP contribution < -0.4 is 11.1 Å². The number of ether oxygens (including phenoxy) is 1. The van der Waals surface area contributed by atoms with Gasteiger partial charge in [0.15, 0.2) is 0 Å². The molecular weight excluding hydrogens is 260 g/mol. The monoisotopic (exact) mass is 282 g/mol. The molecule has 0 spiro atoms. The topological polar surface area (TPSA) is 47.3 Å². The quantitative estimate of drug-likeness (QED) is 0.889. The van der Waals surface area contributed by atoms with E-state index in [1.165, 1.54) is 0 Å². The smallest absolute Gasteiger partial charge is 0.0674 e. The zero-order valence-electron chi connectivity index (χ0n) is 11.7. The molecule has 2 atom stereocenters. The summed E-state index contributed by atoms with van der Waals surface area (Å²) < 4.78 is 5.91. The second-order valence-electron chi connectivity index (χ2n) is 5.67. The second-order valence-corrected chi connectivity index (χ2v) is 6.08. The Balaban J connectivity index is 2.21. The van der Waals surface area contributed by atoms with Crippen molar-refractivity contribution in [3.8, 4) is 0 Å². The van der Waals surface area contributed by atoms with E-state index in [-0.39, 0.29) is 11.1 Å². The molecule has 106 valence electrons. The van der Waals surface area contributed by atoms with Crippen LogP contribution in [-0.4, -0.2) is 24.3 Å². The molecule has 1 fully saturated rings. The molecule has 0 amide bonds. The second kappa shape index (κ2) is 5.70. The molecule has 0 radical (unpaired) electrons. The van der Waals surface area contributed by atoms with E-state index >= 15 is 0 Å². The van der Waals surface area contributed by atoms with Crippen molar-refractivity contribution in [3.63, 3.8) is 0 Å². The van der Waals surface area contributed by atoms with Crippen LogP contribution in [0.5, 0.6) is 0 Å². The summed E-state index contributed by atoms with van der Waals surface area (Å²) in [5, 5.41) is 4.30. The van der Waals surface area contributed by atoms with Gasteiger partial charge < -0.3 is 15.8 Å². The fourth-order valence-corrected chi connectivity index (χ4v) is 2.94. The minimum atomic E-state index is -0.131.